The molecule has 40 heavy (non-hydrogen) atoms. The second kappa shape index (κ2) is 11.8. The van der Waals surface area contributed by atoms with Crippen LogP contribution in [0.15, 0.2) is 78.9 Å². The average Bonchev–Trinajstić information content (AvgIpc) is 3.31. The van der Waals surface area contributed by atoms with Gasteiger partial charge in [-0.2, -0.15) is 5.26 Å². The van der Waals surface area contributed by atoms with Crippen molar-refractivity contribution in [2.45, 2.75) is 19.6 Å². The van der Waals surface area contributed by atoms with E-state index in [-0.39, 0.29) is 17.7 Å². The van der Waals surface area contributed by atoms with E-state index >= 15 is 0 Å². The van der Waals surface area contributed by atoms with E-state index in [1.165, 1.54) is 12.1 Å². The lowest BCUT2D eigenvalue weighted by Gasteiger charge is -2.10. The number of carbonyl (C=O) groups is 1. The van der Waals surface area contributed by atoms with Gasteiger partial charge in [-0.15, -0.1) is 0 Å². The number of imidazole rings is 1. The molecule has 200 valence electrons. The number of nitriles is 1. The van der Waals surface area contributed by atoms with Gasteiger partial charge in [0, 0.05) is 37.3 Å². The Morgan fingerprint density at radius 3 is 2.60 bits per heavy atom. The lowest BCUT2D eigenvalue weighted by Crippen LogP contribution is -2.09. The molecule has 0 aliphatic rings. The van der Waals surface area contributed by atoms with E-state index in [1.807, 2.05) is 42.5 Å². The van der Waals surface area contributed by atoms with Gasteiger partial charge in [-0.05, 0) is 42.0 Å². The summed E-state index contributed by atoms with van der Waals surface area (Å²) in [4.78, 5) is 20.7. The first-order valence-electron chi connectivity index (χ1n) is 12.5. The van der Waals surface area contributed by atoms with Gasteiger partial charge in [0.25, 0.3) is 0 Å². The molecule has 0 aliphatic heterocycles. The van der Waals surface area contributed by atoms with Crippen LogP contribution in [0, 0.1) is 17.1 Å². The first-order chi connectivity index (χ1) is 19.4. The van der Waals surface area contributed by atoms with E-state index in [1.54, 1.807) is 37.4 Å². The Labute approximate surface area is 229 Å². The van der Waals surface area contributed by atoms with Crippen molar-refractivity contribution in [1.82, 2.24) is 14.5 Å². The highest BCUT2D eigenvalue weighted by atomic mass is 19.1. The van der Waals surface area contributed by atoms with Gasteiger partial charge in [0.1, 0.15) is 18.2 Å². The predicted molar refractivity (Wildman–Crippen MR) is 146 cm³/mol. The smallest absolute Gasteiger partial charge is 0.335 e. The molecule has 9 heteroatoms. The van der Waals surface area contributed by atoms with Crippen molar-refractivity contribution < 1.29 is 23.8 Å². The highest BCUT2D eigenvalue weighted by Crippen LogP contribution is 2.24. The quantitative estimate of drug-likeness (QED) is 0.247. The normalized spacial score (nSPS) is 10.9. The first-order valence-corrected chi connectivity index (χ1v) is 12.5. The van der Waals surface area contributed by atoms with Crippen LogP contribution in [0.25, 0.3) is 22.3 Å². The Kier molecular flexibility index (Phi) is 7.80. The number of aromatic carboxylic acids is 1. The summed E-state index contributed by atoms with van der Waals surface area (Å²) in [7, 11) is 1.64. The van der Waals surface area contributed by atoms with E-state index in [0.29, 0.717) is 42.2 Å². The minimum Gasteiger partial charge on any atom is -0.478 e. The summed E-state index contributed by atoms with van der Waals surface area (Å²) in [5.41, 5.74) is 4.90. The monoisotopic (exact) mass is 536 g/mol. The topological polar surface area (TPSA) is 110 Å². The maximum atomic E-state index is 14.2. The Bertz CT molecular complexity index is 1720. The van der Waals surface area contributed by atoms with E-state index in [9.17, 15) is 14.3 Å². The molecule has 0 atom stereocenters. The number of benzene rings is 3. The molecule has 0 saturated heterocycles. The molecule has 0 bridgehead atoms. The number of rotatable bonds is 10. The van der Waals surface area contributed by atoms with Crippen LogP contribution in [0.4, 0.5) is 4.39 Å². The van der Waals surface area contributed by atoms with Gasteiger partial charge in [0.15, 0.2) is 0 Å². The predicted octanol–water partition coefficient (Wildman–Crippen LogP) is 5.62. The number of hydrogen-bond acceptors (Lipinski definition) is 6. The first kappa shape index (κ1) is 26.5. The summed E-state index contributed by atoms with van der Waals surface area (Å²) in [6, 6.07) is 24.5. The molecule has 0 amide bonds. The van der Waals surface area contributed by atoms with Crippen LogP contribution in [-0.4, -0.2) is 39.3 Å². The molecule has 5 aromatic rings. The van der Waals surface area contributed by atoms with Crippen LogP contribution < -0.4 is 4.74 Å². The minimum atomic E-state index is -0.991. The van der Waals surface area contributed by atoms with Gasteiger partial charge < -0.3 is 19.1 Å². The van der Waals surface area contributed by atoms with Gasteiger partial charge in [0.2, 0.25) is 5.88 Å². The van der Waals surface area contributed by atoms with Gasteiger partial charge in [0.05, 0.1) is 40.5 Å². The fourth-order valence-corrected chi connectivity index (χ4v) is 4.40. The highest BCUT2D eigenvalue weighted by Gasteiger charge is 2.14. The fraction of sp³-hybridized carbons (Fsp3) is 0.161. The van der Waals surface area contributed by atoms with Gasteiger partial charge in [-0.3, -0.25) is 0 Å². The minimum absolute atomic E-state index is 0.00897. The van der Waals surface area contributed by atoms with Crippen molar-refractivity contribution in [1.29, 1.82) is 5.26 Å². The molecule has 5 rings (SSSR count). The maximum absolute atomic E-state index is 14.2. The molecule has 0 unspecified atom stereocenters. The number of carboxylic acid groups (broad SMARTS) is 1. The van der Waals surface area contributed by atoms with Crippen LogP contribution in [-0.2, 0) is 24.3 Å². The molecule has 0 fully saturated rings. The van der Waals surface area contributed by atoms with Crippen LogP contribution in [0.2, 0.25) is 0 Å². The van der Waals surface area contributed by atoms with Crippen LogP contribution in [0.3, 0.4) is 0 Å². The number of pyridine rings is 1. The van der Waals surface area contributed by atoms with E-state index in [0.717, 1.165) is 22.5 Å². The van der Waals surface area contributed by atoms with Crippen molar-refractivity contribution in [3.8, 4) is 23.2 Å². The standard InChI is InChI=1S/C31H25FN4O4/c1-39-14-13-36-28-12-11-23(31(37)38)17-27(28)34-29(36)16-20-5-8-22(9-6-20)26-3-2-4-30(35-26)40-19-24-10-7-21(18-33)15-25(24)32/h2-12,15,17H,13-14,16,19H2,1H3,(H,37,38). The second-order valence-electron chi connectivity index (χ2n) is 9.12. The average molecular weight is 537 g/mol. The summed E-state index contributed by atoms with van der Waals surface area (Å²) >= 11 is 0. The third kappa shape index (κ3) is 5.82. The third-order valence-electron chi connectivity index (χ3n) is 6.49. The highest BCUT2D eigenvalue weighted by molar-refractivity contribution is 5.92. The van der Waals surface area contributed by atoms with Crippen molar-refractivity contribution in [3.05, 3.63) is 113 Å². The van der Waals surface area contributed by atoms with E-state index < -0.39 is 11.8 Å². The van der Waals surface area contributed by atoms with Crippen molar-refractivity contribution >= 4 is 17.0 Å². The SMILES string of the molecule is COCCn1c(Cc2ccc(-c3cccc(OCc4ccc(C#N)cc4F)n3)cc2)nc2cc(C(=O)O)ccc21. The largest absolute Gasteiger partial charge is 0.478 e. The summed E-state index contributed by atoms with van der Waals surface area (Å²) in [6.07, 6.45) is 0.549. The molecule has 8 nitrogen and oxygen atoms in total. The summed E-state index contributed by atoms with van der Waals surface area (Å²) < 4.78 is 27.2. The second-order valence-corrected chi connectivity index (χ2v) is 9.12. The number of halogens is 1. The zero-order valence-corrected chi connectivity index (χ0v) is 21.7. The number of hydrogen-bond donors (Lipinski definition) is 1. The van der Waals surface area contributed by atoms with Crippen LogP contribution >= 0.6 is 0 Å². The Morgan fingerprint density at radius 2 is 1.88 bits per heavy atom. The third-order valence-corrected chi connectivity index (χ3v) is 6.49. The number of fused-ring (bicyclic) bond motifs is 1. The zero-order valence-electron chi connectivity index (χ0n) is 21.7. The number of methoxy groups -OCH3 is 1. The Hall–Kier alpha value is -5.07. The summed E-state index contributed by atoms with van der Waals surface area (Å²) in [5.74, 6) is -0.317. The van der Waals surface area contributed by atoms with Gasteiger partial charge in [-0.25, -0.2) is 19.2 Å². The Balaban J connectivity index is 1.32. The molecular weight excluding hydrogens is 511 g/mol. The molecule has 3 aromatic carbocycles. The number of ether oxygens (including phenoxy) is 2. The number of carboxylic acids is 1. The molecule has 0 aliphatic carbocycles. The van der Waals surface area contributed by atoms with Crippen molar-refractivity contribution in [3.63, 3.8) is 0 Å². The molecular formula is C31H25FN4O4. The number of nitrogens with zero attached hydrogens (tertiary/aromatic N) is 4. The fourth-order valence-electron chi connectivity index (χ4n) is 4.40. The van der Waals surface area contributed by atoms with Gasteiger partial charge >= 0.3 is 5.97 Å². The van der Waals surface area contributed by atoms with Crippen LogP contribution in [0.1, 0.15) is 32.9 Å². The molecule has 2 aromatic heterocycles. The Morgan fingerprint density at radius 1 is 1.05 bits per heavy atom. The maximum Gasteiger partial charge on any atom is 0.335 e. The lowest BCUT2D eigenvalue weighted by molar-refractivity contribution is 0.0697. The molecule has 0 radical (unpaired) electrons. The molecule has 0 spiro atoms. The zero-order chi connectivity index (χ0) is 28.1. The lowest BCUT2D eigenvalue weighted by atomic mass is 10.1. The van der Waals surface area contributed by atoms with E-state index in [4.69, 9.17) is 19.7 Å². The van der Waals surface area contributed by atoms with E-state index in [2.05, 4.69) is 9.55 Å². The van der Waals surface area contributed by atoms with Gasteiger partial charge in [-0.1, -0.05) is 36.4 Å². The summed E-state index contributed by atoms with van der Waals surface area (Å²) in [6.45, 7) is 1.08. The van der Waals surface area contributed by atoms with Crippen LogP contribution in [0.5, 0.6) is 5.88 Å². The summed E-state index contributed by atoms with van der Waals surface area (Å²) in [5, 5.41) is 18.3. The molecule has 0 saturated carbocycles. The molecule has 2 heterocycles. The van der Waals surface area contributed by atoms with Crippen molar-refractivity contribution in [2.24, 2.45) is 0 Å². The molecule has 1 N–H and O–H groups in total. The number of aromatic nitrogens is 3. The van der Waals surface area contributed by atoms with Crippen molar-refractivity contribution in [2.75, 3.05) is 13.7 Å².